The predicted molar refractivity (Wildman–Crippen MR) is 89.4 cm³/mol. The Hall–Kier alpha value is -2.61. The van der Waals surface area contributed by atoms with Gasteiger partial charge in [0.25, 0.3) is 11.5 Å². The van der Waals surface area contributed by atoms with Crippen LogP contribution in [0.5, 0.6) is 0 Å². The SMILES string of the molecule is O=C(NCC1CCN(Cc2ccncc2F)CC1)c1c[nH]c(=O)cn1. The Labute approximate surface area is 144 Å². The molecule has 0 aromatic carbocycles. The van der Waals surface area contributed by atoms with Crippen LogP contribution in [0.1, 0.15) is 28.9 Å². The summed E-state index contributed by atoms with van der Waals surface area (Å²) in [6, 6.07) is 1.71. The number of piperidine rings is 1. The normalized spacial score (nSPS) is 15.9. The van der Waals surface area contributed by atoms with Crippen molar-refractivity contribution in [1.82, 2.24) is 25.2 Å². The second-order valence-electron chi connectivity index (χ2n) is 6.19. The van der Waals surface area contributed by atoms with Gasteiger partial charge < -0.3 is 10.3 Å². The van der Waals surface area contributed by atoms with Crippen LogP contribution in [0, 0.1) is 11.7 Å². The lowest BCUT2D eigenvalue weighted by Crippen LogP contribution is -2.38. The molecule has 0 saturated carbocycles. The van der Waals surface area contributed by atoms with Crippen LogP contribution >= 0.6 is 0 Å². The fraction of sp³-hybridized carbons (Fsp3) is 0.412. The molecule has 25 heavy (non-hydrogen) atoms. The lowest BCUT2D eigenvalue weighted by Gasteiger charge is -2.32. The van der Waals surface area contributed by atoms with Gasteiger partial charge in [-0.3, -0.25) is 19.5 Å². The van der Waals surface area contributed by atoms with Crippen molar-refractivity contribution in [3.8, 4) is 0 Å². The van der Waals surface area contributed by atoms with E-state index in [1.807, 2.05) is 0 Å². The Kier molecular flexibility index (Phi) is 5.49. The van der Waals surface area contributed by atoms with Crippen LogP contribution in [-0.4, -0.2) is 45.4 Å². The zero-order valence-electron chi connectivity index (χ0n) is 13.7. The Morgan fingerprint density at radius 1 is 1.36 bits per heavy atom. The van der Waals surface area contributed by atoms with Gasteiger partial charge in [0.1, 0.15) is 11.5 Å². The summed E-state index contributed by atoms with van der Waals surface area (Å²) < 4.78 is 13.7. The Bertz CT molecular complexity index is 766. The number of carbonyl (C=O) groups is 1. The van der Waals surface area contributed by atoms with Crippen molar-refractivity contribution in [3.63, 3.8) is 0 Å². The number of rotatable bonds is 5. The number of amides is 1. The number of hydrogen-bond donors (Lipinski definition) is 2. The topological polar surface area (TPSA) is 91.0 Å². The summed E-state index contributed by atoms with van der Waals surface area (Å²) in [6.07, 6.45) is 7.11. The third-order valence-corrected chi connectivity index (χ3v) is 4.41. The van der Waals surface area contributed by atoms with Gasteiger partial charge in [0.15, 0.2) is 0 Å². The van der Waals surface area contributed by atoms with Gasteiger partial charge >= 0.3 is 0 Å². The van der Waals surface area contributed by atoms with Crippen LogP contribution in [0.15, 0.2) is 35.6 Å². The summed E-state index contributed by atoms with van der Waals surface area (Å²) in [5, 5.41) is 2.85. The summed E-state index contributed by atoms with van der Waals surface area (Å²) in [6.45, 7) is 2.87. The molecule has 0 atom stereocenters. The number of nitrogens with zero attached hydrogens (tertiary/aromatic N) is 3. The van der Waals surface area contributed by atoms with Crippen LogP contribution in [0.2, 0.25) is 0 Å². The molecule has 132 valence electrons. The highest BCUT2D eigenvalue weighted by molar-refractivity contribution is 5.91. The Balaban J connectivity index is 1.43. The molecule has 8 heteroatoms. The van der Waals surface area contributed by atoms with E-state index in [1.54, 1.807) is 12.3 Å². The van der Waals surface area contributed by atoms with Gasteiger partial charge in [0, 0.05) is 31.0 Å². The maximum absolute atomic E-state index is 13.7. The van der Waals surface area contributed by atoms with E-state index >= 15 is 0 Å². The van der Waals surface area contributed by atoms with Gasteiger partial charge in [0.2, 0.25) is 0 Å². The van der Waals surface area contributed by atoms with E-state index in [9.17, 15) is 14.0 Å². The fourth-order valence-corrected chi connectivity index (χ4v) is 2.92. The van der Waals surface area contributed by atoms with Crippen molar-refractivity contribution in [3.05, 3.63) is 58.3 Å². The monoisotopic (exact) mass is 345 g/mol. The van der Waals surface area contributed by atoms with E-state index < -0.39 is 0 Å². The summed E-state index contributed by atoms with van der Waals surface area (Å²) in [7, 11) is 0. The van der Waals surface area contributed by atoms with Gasteiger partial charge in [-0.25, -0.2) is 9.37 Å². The van der Waals surface area contributed by atoms with Crippen molar-refractivity contribution in [2.24, 2.45) is 5.92 Å². The first-order chi connectivity index (χ1) is 12.1. The number of hydrogen-bond acceptors (Lipinski definition) is 5. The van der Waals surface area contributed by atoms with Crippen molar-refractivity contribution in [1.29, 1.82) is 0 Å². The maximum atomic E-state index is 13.7. The molecule has 1 aliphatic rings. The Morgan fingerprint density at radius 3 is 2.84 bits per heavy atom. The minimum atomic E-state index is -0.338. The molecule has 2 aromatic rings. The largest absolute Gasteiger partial charge is 0.350 e. The minimum absolute atomic E-state index is 0.199. The fourth-order valence-electron chi connectivity index (χ4n) is 2.92. The predicted octanol–water partition coefficient (Wildman–Crippen LogP) is 0.946. The molecule has 0 bridgehead atoms. The van der Waals surface area contributed by atoms with Crippen LogP contribution in [0.25, 0.3) is 0 Å². The van der Waals surface area contributed by atoms with E-state index in [1.165, 1.54) is 12.4 Å². The molecule has 1 saturated heterocycles. The van der Waals surface area contributed by atoms with Gasteiger partial charge in [-0.1, -0.05) is 0 Å². The molecule has 0 unspecified atom stereocenters. The average molecular weight is 345 g/mol. The summed E-state index contributed by atoms with van der Waals surface area (Å²) in [5.74, 6) is -0.187. The zero-order valence-corrected chi connectivity index (χ0v) is 13.7. The summed E-state index contributed by atoms with van der Waals surface area (Å²) >= 11 is 0. The number of carbonyl (C=O) groups excluding carboxylic acids is 1. The van der Waals surface area contributed by atoms with Crippen molar-refractivity contribution in [2.75, 3.05) is 19.6 Å². The number of halogens is 1. The summed E-state index contributed by atoms with van der Waals surface area (Å²) in [5.41, 5.74) is 0.519. The van der Waals surface area contributed by atoms with Crippen LogP contribution in [0.3, 0.4) is 0 Å². The molecule has 0 spiro atoms. The smallest absolute Gasteiger partial charge is 0.271 e. The number of nitrogens with one attached hydrogen (secondary N) is 2. The second kappa shape index (κ2) is 7.98. The molecule has 1 amide bonds. The quantitative estimate of drug-likeness (QED) is 0.842. The highest BCUT2D eigenvalue weighted by Gasteiger charge is 2.21. The van der Waals surface area contributed by atoms with E-state index in [0.29, 0.717) is 24.6 Å². The van der Waals surface area contributed by atoms with Crippen molar-refractivity contribution in [2.45, 2.75) is 19.4 Å². The number of likely N-dealkylation sites (tertiary alicyclic amines) is 1. The van der Waals surface area contributed by atoms with E-state index in [2.05, 4.69) is 25.2 Å². The lowest BCUT2D eigenvalue weighted by molar-refractivity contribution is 0.0929. The molecule has 7 nitrogen and oxygen atoms in total. The first kappa shape index (κ1) is 17.2. The summed E-state index contributed by atoms with van der Waals surface area (Å²) in [4.78, 5) is 35.1. The molecule has 2 N–H and O–H groups in total. The van der Waals surface area contributed by atoms with Gasteiger partial charge in [0.05, 0.1) is 12.4 Å². The first-order valence-corrected chi connectivity index (χ1v) is 8.25. The molecule has 1 fully saturated rings. The van der Waals surface area contributed by atoms with Crippen molar-refractivity contribution < 1.29 is 9.18 Å². The standard InChI is InChI=1S/C17H20FN5O2/c18-14-8-19-4-1-13(14)11-23-5-2-12(3-6-23)7-22-17(25)15-9-21-16(24)10-20-15/h1,4,8-10,12H,2-3,5-7,11H2,(H,21,24)(H,22,25). The number of aromatic nitrogens is 3. The van der Waals surface area contributed by atoms with Crippen molar-refractivity contribution >= 4 is 5.91 Å². The first-order valence-electron chi connectivity index (χ1n) is 8.25. The molecular formula is C17H20FN5O2. The van der Waals surface area contributed by atoms with Gasteiger partial charge in [-0.2, -0.15) is 0 Å². The Morgan fingerprint density at radius 2 is 2.16 bits per heavy atom. The van der Waals surface area contributed by atoms with E-state index in [-0.39, 0.29) is 23.0 Å². The number of aromatic amines is 1. The van der Waals surface area contributed by atoms with Gasteiger partial charge in [-0.05, 0) is 37.9 Å². The molecule has 3 rings (SSSR count). The molecule has 3 heterocycles. The average Bonchev–Trinajstić information content (AvgIpc) is 2.63. The third kappa shape index (κ3) is 4.69. The third-order valence-electron chi connectivity index (χ3n) is 4.41. The molecule has 0 radical (unpaired) electrons. The van der Waals surface area contributed by atoms with E-state index in [4.69, 9.17) is 0 Å². The lowest BCUT2D eigenvalue weighted by atomic mass is 9.96. The van der Waals surface area contributed by atoms with Gasteiger partial charge in [-0.15, -0.1) is 0 Å². The zero-order chi connectivity index (χ0) is 17.6. The van der Waals surface area contributed by atoms with Crippen LogP contribution < -0.4 is 10.9 Å². The maximum Gasteiger partial charge on any atom is 0.271 e. The molecule has 2 aromatic heterocycles. The highest BCUT2D eigenvalue weighted by Crippen LogP contribution is 2.19. The molecule has 1 aliphatic heterocycles. The van der Waals surface area contributed by atoms with Crippen LogP contribution in [0.4, 0.5) is 4.39 Å². The number of H-pyrrole nitrogens is 1. The van der Waals surface area contributed by atoms with Crippen LogP contribution in [-0.2, 0) is 6.54 Å². The van der Waals surface area contributed by atoms with E-state index in [0.717, 1.165) is 32.1 Å². The molecule has 0 aliphatic carbocycles. The second-order valence-corrected chi connectivity index (χ2v) is 6.19. The highest BCUT2D eigenvalue weighted by atomic mass is 19.1. The molecular weight excluding hydrogens is 325 g/mol. The minimum Gasteiger partial charge on any atom is -0.350 e. The number of pyridine rings is 1.